The highest BCUT2D eigenvalue weighted by atomic mass is 31.2. The van der Waals surface area contributed by atoms with Crippen molar-refractivity contribution in [2.75, 3.05) is 38.3 Å². The van der Waals surface area contributed by atoms with Crippen molar-refractivity contribution in [3.05, 3.63) is 29.7 Å². The first-order valence-electron chi connectivity index (χ1n) is 9.96. The second-order valence-corrected chi connectivity index (χ2v) is 9.00. The minimum absolute atomic E-state index is 0.113. The Hall–Kier alpha value is -2.72. The lowest BCUT2D eigenvalue weighted by molar-refractivity contribution is -0.0955. The second kappa shape index (κ2) is 6.89. The minimum Gasteiger partial charge on any atom is -0.387 e. The molecule has 6 heterocycles. The van der Waals surface area contributed by atoms with Gasteiger partial charge < -0.3 is 23.4 Å². The van der Waals surface area contributed by atoms with E-state index in [1.165, 1.54) is 0 Å². The van der Waals surface area contributed by atoms with E-state index in [2.05, 4.69) is 10.1 Å². The highest BCUT2D eigenvalue weighted by Crippen LogP contribution is 2.63. The van der Waals surface area contributed by atoms with Crippen molar-refractivity contribution >= 4 is 19.2 Å². The molecule has 3 aliphatic heterocycles. The highest BCUT2D eigenvalue weighted by Gasteiger charge is 2.49. The molecule has 0 radical (unpaired) electrons. The van der Waals surface area contributed by atoms with Crippen LogP contribution < -0.4 is 13.9 Å². The number of fused-ring (bicyclic) bond motifs is 6. The molecule has 4 bridgehead atoms. The number of imidazole rings is 1. The summed E-state index contributed by atoms with van der Waals surface area (Å²) in [6, 6.07) is 3.95. The molecule has 11 nitrogen and oxygen atoms in total. The van der Waals surface area contributed by atoms with Crippen molar-refractivity contribution in [2.45, 2.75) is 19.6 Å². The number of phosphoric ester groups is 1. The third-order valence-corrected chi connectivity index (χ3v) is 6.80. The van der Waals surface area contributed by atoms with Crippen LogP contribution in [-0.4, -0.2) is 59.3 Å². The first-order chi connectivity index (χ1) is 15.0. The molecule has 0 spiro atoms. The predicted octanol–water partition coefficient (Wildman–Crippen LogP) is 2.36. The number of nitrogens with zero attached hydrogens (tertiary/aromatic N) is 5. The standard InChI is InChI=1S/C19H20N5O6P/c1-11-15(12-3-4-13(20-9-12)5-7-26-2)24-18(21-11)16-17-19(22-24)30-31(25,29-17)28-14-10-23(16)6-8-27-14/h3-4,9,14H,5-8,10H2,1-2H3. The summed E-state index contributed by atoms with van der Waals surface area (Å²) in [4.78, 5) is 11.4. The normalized spacial score (nSPS) is 23.9. The van der Waals surface area contributed by atoms with E-state index in [1.807, 2.05) is 24.0 Å². The van der Waals surface area contributed by atoms with Crippen LogP contribution in [0.25, 0.3) is 16.9 Å². The molecule has 1 fully saturated rings. The van der Waals surface area contributed by atoms with Gasteiger partial charge >= 0.3 is 7.82 Å². The average Bonchev–Trinajstić information content (AvgIpc) is 3.25. The summed E-state index contributed by atoms with van der Waals surface area (Å²) < 4.78 is 42.0. The maximum atomic E-state index is 12.9. The summed E-state index contributed by atoms with van der Waals surface area (Å²) in [5.41, 5.74) is 4.63. The number of pyridine rings is 1. The van der Waals surface area contributed by atoms with E-state index in [-0.39, 0.29) is 5.88 Å². The maximum absolute atomic E-state index is 12.9. The molecule has 162 valence electrons. The van der Waals surface area contributed by atoms with E-state index >= 15 is 0 Å². The Morgan fingerprint density at radius 1 is 1.32 bits per heavy atom. The Balaban J connectivity index is 1.52. The van der Waals surface area contributed by atoms with E-state index in [1.54, 1.807) is 17.8 Å². The fourth-order valence-corrected chi connectivity index (χ4v) is 5.35. The summed E-state index contributed by atoms with van der Waals surface area (Å²) in [5.74, 6) is 0.405. The Kier molecular flexibility index (Phi) is 4.23. The molecule has 0 N–H and O–H groups in total. The number of aryl methyl sites for hydroxylation is 1. The summed E-state index contributed by atoms with van der Waals surface area (Å²) in [6.07, 6.45) is 1.81. The van der Waals surface area contributed by atoms with Gasteiger partial charge in [-0.3, -0.25) is 4.98 Å². The lowest BCUT2D eigenvalue weighted by Crippen LogP contribution is -2.44. The van der Waals surface area contributed by atoms with Gasteiger partial charge in [0.2, 0.25) is 5.75 Å². The minimum atomic E-state index is -3.85. The molecule has 3 aliphatic rings. The Bertz CT molecular complexity index is 1230. The van der Waals surface area contributed by atoms with Crippen molar-refractivity contribution in [1.29, 1.82) is 0 Å². The van der Waals surface area contributed by atoms with Crippen LogP contribution in [0.2, 0.25) is 0 Å². The van der Waals surface area contributed by atoms with Crippen molar-refractivity contribution in [3.63, 3.8) is 0 Å². The van der Waals surface area contributed by atoms with Gasteiger partial charge in [-0.05, 0) is 19.1 Å². The van der Waals surface area contributed by atoms with Crippen LogP contribution in [-0.2, 0) is 25.0 Å². The van der Waals surface area contributed by atoms with Gasteiger partial charge in [-0.15, -0.1) is 5.10 Å². The van der Waals surface area contributed by atoms with Crippen LogP contribution in [0.3, 0.4) is 0 Å². The summed E-state index contributed by atoms with van der Waals surface area (Å²) in [6.45, 7) is 3.95. The van der Waals surface area contributed by atoms with Crippen LogP contribution in [0, 0.1) is 6.92 Å². The monoisotopic (exact) mass is 445 g/mol. The van der Waals surface area contributed by atoms with E-state index in [0.717, 1.165) is 29.1 Å². The average molecular weight is 445 g/mol. The molecule has 3 aromatic rings. The Morgan fingerprint density at radius 2 is 2.23 bits per heavy atom. The molecule has 2 atom stereocenters. The SMILES string of the molecule is COCCc1ccc(-c2c(C)nc3c4c5c(nn23)OP(=O)(O5)OC2CN4CCO2)cn1. The molecule has 1 saturated heterocycles. The molecule has 6 rings (SSSR count). The van der Waals surface area contributed by atoms with Gasteiger partial charge in [-0.2, -0.15) is 0 Å². The number of ether oxygens (including phenoxy) is 2. The summed E-state index contributed by atoms with van der Waals surface area (Å²) >= 11 is 0. The number of hydrogen-bond acceptors (Lipinski definition) is 10. The molecule has 0 aliphatic carbocycles. The number of rotatable bonds is 4. The molecule has 0 aromatic carbocycles. The fraction of sp³-hybridized carbons (Fsp3) is 0.421. The molecule has 0 saturated carbocycles. The van der Waals surface area contributed by atoms with Crippen LogP contribution in [0.5, 0.6) is 11.6 Å². The number of hydrogen-bond donors (Lipinski definition) is 0. The zero-order chi connectivity index (χ0) is 21.2. The van der Waals surface area contributed by atoms with Gasteiger partial charge in [0.25, 0.3) is 5.88 Å². The van der Waals surface area contributed by atoms with Crippen LogP contribution in [0.4, 0.5) is 5.69 Å². The van der Waals surface area contributed by atoms with E-state index < -0.39 is 14.1 Å². The first kappa shape index (κ1) is 19.0. The molecule has 12 heteroatoms. The number of anilines is 1. The third-order valence-electron chi connectivity index (χ3n) is 5.50. The Labute approximate surface area is 177 Å². The smallest absolute Gasteiger partial charge is 0.387 e. The second-order valence-electron chi connectivity index (χ2n) is 7.53. The van der Waals surface area contributed by atoms with Gasteiger partial charge in [-0.1, -0.05) is 0 Å². The van der Waals surface area contributed by atoms with Gasteiger partial charge in [-0.25, -0.2) is 18.6 Å². The van der Waals surface area contributed by atoms with Crippen molar-refractivity contribution in [1.82, 2.24) is 19.6 Å². The van der Waals surface area contributed by atoms with Gasteiger partial charge in [0.05, 0.1) is 31.1 Å². The number of aromatic nitrogens is 4. The highest BCUT2D eigenvalue weighted by molar-refractivity contribution is 7.49. The number of phosphoric acid groups is 1. The maximum Gasteiger partial charge on any atom is 0.591 e. The zero-order valence-electron chi connectivity index (χ0n) is 17.0. The predicted molar refractivity (Wildman–Crippen MR) is 108 cm³/mol. The number of methoxy groups -OCH3 is 1. The van der Waals surface area contributed by atoms with Gasteiger partial charge in [0.15, 0.2) is 11.9 Å². The summed E-state index contributed by atoms with van der Waals surface area (Å²) in [7, 11) is -2.18. The van der Waals surface area contributed by atoms with E-state index in [0.29, 0.717) is 43.4 Å². The van der Waals surface area contributed by atoms with Crippen molar-refractivity contribution in [2.24, 2.45) is 0 Å². The van der Waals surface area contributed by atoms with Gasteiger partial charge in [0, 0.05) is 37.5 Å². The van der Waals surface area contributed by atoms with Gasteiger partial charge in [0.1, 0.15) is 5.69 Å². The largest absolute Gasteiger partial charge is 0.591 e. The summed E-state index contributed by atoms with van der Waals surface area (Å²) in [5, 5.41) is 4.56. The van der Waals surface area contributed by atoms with E-state index in [4.69, 9.17) is 28.0 Å². The lowest BCUT2D eigenvalue weighted by Gasteiger charge is -2.35. The molecule has 3 aromatic heterocycles. The lowest BCUT2D eigenvalue weighted by atomic mass is 10.1. The molecular formula is C19H20N5O6P. The Morgan fingerprint density at radius 3 is 3.03 bits per heavy atom. The quantitative estimate of drug-likeness (QED) is 0.555. The van der Waals surface area contributed by atoms with Crippen molar-refractivity contribution < 1.29 is 27.6 Å². The molecule has 31 heavy (non-hydrogen) atoms. The molecule has 0 amide bonds. The van der Waals surface area contributed by atoms with Crippen LogP contribution in [0.1, 0.15) is 11.4 Å². The molecular weight excluding hydrogens is 425 g/mol. The zero-order valence-corrected chi connectivity index (χ0v) is 17.9. The fourth-order valence-electron chi connectivity index (χ4n) is 4.09. The number of morpholine rings is 1. The topological polar surface area (TPSA) is 110 Å². The van der Waals surface area contributed by atoms with E-state index in [9.17, 15) is 4.57 Å². The van der Waals surface area contributed by atoms with Crippen LogP contribution in [0.15, 0.2) is 18.3 Å². The third kappa shape index (κ3) is 3.00. The molecule has 2 unspecified atom stereocenters. The first-order valence-corrected chi connectivity index (χ1v) is 11.4. The van der Waals surface area contributed by atoms with Crippen molar-refractivity contribution in [3.8, 4) is 22.9 Å². The van der Waals surface area contributed by atoms with Crippen LogP contribution >= 0.6 is 7.82 Å².